The Morgan fingerprint density at radius 1 is 1.19 bits per heavy atom. The molecule has 0 atom stereocenters. The summed E-state index contributed by atoms with van der Waals surface area (Å²) in [7, 11) is 0. The van der Waals surface area contributed by atoms with E-state index in [2.05, 4.69) is 16.3 Å². The Labute approximate surface area is 130 Å². The number of carbonyl (C=O) groups is 1. The molecule has 0 saturated carbocycles. The van der Waals surface area contributed by atoms with Crippen LogP contribution in [-0.4, -0.2) is 50.1 Å². The smallest absolute Gasteiger partial charge is 0.249 e. The molecular weight excluding hydrogens is 286 g/mol. The fourth-order valence-corrected chi connectivity index (χ4v) is 2.93. The molecule has 0 radical (unpaired) electrons. The average molecular weight is 306 g/mol. The molecule has 1 aromatic rings. The highest BCUT2D eigenvalue weighted by Gasteiger charge is 2.24. The number of anilines is 1. The number of benzene rings is 1. The molecule has 112 valence electrons. The van der Waals surface area contributed by atoms with Crippen LogP contribution in [0.15, 0.2) is 35.4 Å². The minimum atomic E-state index is 0.192. The van der Waals surface area contributed by atoms with Crippen molar-refractivity contribution in [3.05, 3.63) is 40.4 Å². The van der Waals surface area contributed by atoms with E-state index in [0.717, 1.165) is 55.6 Å². The Morgan fingerprint density at radius 2 is 1.90 bits per heavy atom. The molecule has 5 heteroatoms. The number of amides is 1. The number of rotatable bonds is 2. The lowest BCUT2D eigenvalue weighted by Crippen LogP contribution is -2.49. The van der Waals surface area contributed by atoms with Crippen molar-refractivity contribution in [3.63, 3.8) is 0 Å². The van der Waals surface area contributed by atoms with Gasteiger partial charge in [0.1, 0.15) is 0 Å². The first-order valence-corrected chi connectivity index (χ1v) is 7.72. The summed E-state index contributed by atoms with van der Waals surface area (Å²) in [4.78, 5) is 16.7. The maximum Gasteiger partial charge on any atom is 0.249 e. The number of piperazine rings is 1. The van der Waals surface area contributed by atoms with Gasteiger partial charge < -0.3 is 15.1 Å². The van der Waals surface area contributed by atoms with Crippen molar-refractivity contribution in [1.82, 2.24) is 10.2 Å². The highest BCUT2D eigenvalue weighted by atomic mass is 35.5. The van der Waals surface area contributed by atoms with Crippen molar-refractivity contribution < 1.29 is 4.79 Å². The molecule has 21 heavy (non-hydrogen) atoms. The van der Waals surface area contributed by atoms with E-state index in [0.29, 0.717) is 0 Å². The molecule has 0 aliphatic carbocycles. The summed E-state index contributed by atoms with van der Waals surface area (Å²) in [6.07, 6.45) is 0. The zero-order valence-electron chi connectivity index (χ0n) is 12.2. The topological polar surface area (TPSA) is 35.6 Å². The van der Waals surface area contributed by atoms with E-state index in [-0.39, 0.29) is 5.91 Å². The van der Waals surface area contributed by atoms with Gasteiger partial charge in [-0.3, -0.25) is 4.79 Å². The molecule has 1 N–H and O–H groups in total. The fraction of sp³-hybridized carbons (Fsp3) is 0.438. The number of carbonyl (C=O) groups excluding carboxylic acids is 1. The Kier molecular flexibility index (Phi) is 4.17. The van der Waals surface area contributed by atoms with Crippen molar-refractivity contribution >= 4 is 23.2 Å². The van der Waals surface area contributed by atoms with Crippen LogP contribution in [0.5, 0.6) is 0 Å². The molecule has 0 bridgehead atoms. The van der Waals surface area contributed by atoms with Crippen molar-refractivity contribution in [2.24, 2.45) is 0 Å². The summed E-state index contributed by atoms with van der Waals surface area (Å²) in [6.45, 7) is 6.91. The minimum absolute atomic E-state index is 0.192. The van der Waals surface area contributed by atoms with Crippen molar-refractivity contribution in [1.29, 1.82) is 0 Å². The lowest BCUT2D eigenvalue weighted by atomic mass is 10.0. The van der Waals surface area contributed by atoms with Crippen LogP contribution in [0.1, 0.15) is 6.92 Å². The van der Waals surface area contributed by atoms with Gasteiger partial charge in [-0.1, -0.05) is 17.7 Å². The third-order valence-electron chi connectivity index (χ3n) is 4.27. The largest absolute Gasteiger partial charge is 0.368 e. The van der Waals surface area contributed by atoms with Crippen LogP contribution < -0.4 is 10.2 Å². The summed E-state index contributed by atoms with van der Waals surface area (Å²) in [5.41, 5.74) is 3.30. The van der Waals surface area contributed by atoms with Crippen LogP contribution in [0.2, 0.25) is 5.02 Å². The molecule has 4 nitrogen and oxygen atoms in total. The molecule has 2 heterocycles. The number of nitrogens with zero attached hydrogens (tertiary/aromatic N) is 2. The molecule has 2 fully saturated rings. The second-order valence-electron chi connectivity index (χ2n) is 5.59. The van der Waals surface area contributed by atoms with Crippen LogP contribution >= 0.6 is 11.6 Å². The normalized spacial score (nSPS) is 18.5. The predicted molar refractivity (Wildman–Crippen MR) is 85.8 cm³/mol. The van der Waals surface area contributed by atoms with Gasteiger partial charge in [0.25, 0.3) is 0 Å². The third kappa shape index (κ3) is 3.06. The van der Waals surface area contributed by atoms with Crippen molar-refractivity contribution in [2.75, 3.05) is 44.2 Å². The number of halogens is 1. The first-order chi connectivity index (χ1) is 10.1. The van der Waals surface area contributed by atoms with Gasteiger partial charge in [-0.15, -0.1) is 0 Å². The standard InChI is InChI=1S/C16H20ClN3O/c1-12(13-10-18-11-13)16(21)20-7-5-19(6-8-20)15-4-2-3-14(17)9-15/h2-4,9,18H,5-8,10-11H2,1H3. The van der Waals surface area contributed by atoms with Crippen LogP contribution in [0.4, 0.5) is 5.69 Å². The molecule has 0 aromatic heterocycles. The molecule has 0 spiro atoms. The van der Waals surface area contributed by atoms with Crippen molar-refractivity contribution in [3.8, 4) is 0 Å². The lowest BCUT2D eigenvalue weighted by molar-refractivity contribution is -0.127. The summed E-state index contributed by atoms with van der Waals surface area (Å²) < 4.78 is 0. The van der Waals surface area contributed by atoms with E-state index in [9.17, 15) is 4.79 Å². The maximum atomic E-state index is 12.4. The zero-order valence-corrected chi connectivity index (χ0v) is 13.0. The Morgan fingerprint density at radius 3 is 2.48 bits per heavy atom. The van der Waals surface area contributed by atoms with E-state index in [1.165, 1.54) is 5.57 Å². The molecule has 1 amide bonds. The van der Waals surface area contributed by atoms with Crippen LogP contribution in [0, 0.1) is 0 Å². The summed E-state index contributed by atoms with van der Waals surface area (Å²) in [5.74, 6) is 0.192. The molecule has 2 aliphatic heterocycles. The average Bonchev–Trinajstić information content (AvgIpc) is 2.45. The van der Waals surface area contributed by atoms with E-state index < -0.39 is 0 Å². The van der Waals surface area contributed by atoms with Gasteiger partial charge in [0, 0.05) is 55.6 Å². The van der Waals surface area contributed by atoms with Gasteiger partial charge in [-0.25, -0.2) is 0 Å². The Balaban J connectivity index is 1.61. The molecule has 2 saturated heterocycles. The van der Waals surface area contributed by atoms with Crippen LogP contribution in [0.3, 0.4) is 0 Å². The minimum Gasteiger partial charge on any atom is -0.368 e. The molecule has 1 aromatic carbocycles. The maximum absolute atomic E-state index is 12.4. The Bertz CT molecular complexity index is 571. The number of hydrogen-bond acceptors (Lipinski definition) is 3. The first-order valence-electron chi connectivity index (χ1n) is 7.34. The molecule has 3 rings (SSSR count). The SMILES string of the molecule is CC(C(=O)N1CCN(c2cccc(Cl)c2)CC1)=C1CNC1. The molecule has 2 aliphatic rings. The highest BCUT2D eigenvalue weighted by molar-refractivity contribution is 6.30. The van der Waals surface area contributed by atoms with Gasteiger partial charge >= 0.3 is 0 Å². The van der Waals surface area contributed by atoms with Crippen molar-refractivity contribution in [2.45, 2.75) is 6.92 Å². The lowest BCUT2D eigenvalue weighted by Gasteiger charge is -2.37. The number of hydrogen-bond donors (Lipinski definition) is 1. The van der Waals surface area contributed by atoms with E-state index in [1.807, 2.05) is 30.0 Å². The van der Waals surface area contributed by atoms with E-state index in [1.54, 1.807) is 0 Å². The summed E-state index contributed by atoms with van der Waals surface area (Å²) >= 11 is 6.04. The summed E-state index contributed by atoms with van der Waals surface area (Å²) in [5, 5.41) is 3.94. The van der Waals surface area contributed by atoms with E-state index in [4.69, 9.17) is 11.6 Å². The van der Waals surface area contributed by atoms with Gasteiger partial charge in [-0.2, -0.15) is 0 Å². The summed E-state index contributed by atoms with van der Waals surface area (Å²) in [6, 6.07) is 7.89. The second kappa shape index (κ2) is 6.08. The van der Waals surface area contributed by atoms with Crippen LogP contribution in [0.25, 0.3) is 0 Å². The molecular formula is C16H20ClN3O. The quantitative estimate of drug-likeness (QED) is 0.848. The fourth-order valence-electron chi connectivity index (χ4n) is 2.74. The highest BCUT2D eigenvalue weighted by Crippen LogP contribution is 2.21. The second-order valence-corrected chi connectivity index (χ2v) is 6.03. The van der Waals surface area contributed by atoms with Gasteiger partial charge in [0.15, 0.2) is 0 Å². The Hall–Kier alpha value is -1.52. The predicted octanol–water partition coefficient (Wildman–Crippen LogP) is 1.91. The van der Waals surface area contributed by atoms with Crippen LogP contribution in [-0.2, 0) is 4.79 Å². The van der Waals surface area contributed by atoms with Gasteiger partial charge in [0.2, 0.25) is 5.91 Å². The van der Waals surface area contributed by atoms with Gasteiger partial charge in [-0.05, 0) is 30.7 Å². The number of nitrogens with one attached hydrogen (secondary N) is 1. The monoisotopic (exact) mass is 305 g/mol. The first kappa shape index (κ1) is 14.4. The molecule has 0 unspecified atom stereocenters. The van der Waals surface area contributed by atoms with E-state index >= 15 is 0 Å². The third-order valence-corrected chi connectivity index (χ3v) is 4.50. The van der Waals surface area contributed by atoms with Gasteiger partial charge in [0.05, 0.1) is 0 Å². The zero-order chi connectivity index (χ0) is 14.8.